The van der Waals surface area contributed by atoms with Gasteiger partial charge in [0.05, 0.1) is 12.7 Å². The topological polar surface area (TPSA) is 58.7 Å². The first-order chi connectivity index (χ1) is 9.51. The SMILES string of the molecule is CCC(N)C(c1ccccc1C)N(C)CC(O)COC. The first-order valence-corrected chi connectivity index (χ1v) is 7.19. The standard InChI is InChI=1S/C16H28N2O2/c1-5-15(17)16(14-9-7-6-8-12(14)2)18(3)10-13(19)11-20-4/h6-9,13,15-16,19H,5,10-11,17H2,1-4H3. The molecule has 4 nitrogen and oxygen atoms in total. The third-order valence-electron chi connectivity index (χ3n) is 3.72. The summed E-state index contributed by atoms with van der Waals surface area (Å²) in [4.78, 5) is 2.13. The van der Waals surface area contributed by atoms with Gasteiger partial charge in [-0.25, -0.2) is 0 Å². The molecule has 1 rings (SSSR count). The fourth-order valence-electron chi connectivity index (χ4n) is 2.63. The lowest BCUT2D eigenvalue weighted by Gasteiger charge is -2.34. The Morgan fingerprint density at radius 1 is 1.35 bits per heavy atom. The third-order valence-corrected chi connectivity index (χ3v) is 3.72. The Labute approximate surface area is 122 Å². The average molecular weight is 280 g/mol. The Bertz CT molecular complexity index is 398. The molecular formula is C16H28N2O2. The molecule has 0 saturated carbocycles. The molecule has 0 aliphatic heterocycles. The van der Waals surface area contributed by atoms with Crippen LogP contribution in [-0.2, 0) is 4.74 Å². The maximum Gasteiger partial charge on any atom is 0.0900 e. The molecule has 1 aromatic rings. The zero-order valence-electron chi connectivity index (χ0n) is 13.0. The Hall–Kier alpha value is -0.940. The van der Waals surface area contributed by atoms with Crippen molar-refractivity contribution in [2.45, 2.75) is 38.5 Å². The van der Waals surface area contributed by atoms with Gasteiger partial charge >= 0.3 is 0 Å². The van der Waals surface area contributed by atoms with Crippen molar-refractivity contribution in [1.82, 2.24) is 4.90 Å². The summed E-state index contributed by atoms with van der Waals surface area (Å²) in [6, 6.07) is 8.44. The summed E-state index contributed by atoms with van der Waals surface area (Å²) in [5, 5.41) is 9.93. The van der Waals surface area contributed by atoms with Gasteiger partial charge in [-0.05, 0) is 31.5 Å². The van der Waals surface area contributed by atoms with Gasteiger partial charge in [-0.2, -0.15) is 0 Å². The van der Waals surface area contributed by atoms with E-state index in [0.717, 1.165) is 6.42 Å². The second kappa shape index (κ2) is 8.37. The number of ether oxygens (including phenoxy) is 1. The molecule has 0 aromatic heterocycles. The van der Waals surface area contributed by atoms with Crippen LogP contribution in [0.3, 0.4) is 0 Å². The van der Waals surface area contributed by atoms with E-state index in [0.29, 0.717) is 13.2 Å². The van der Waals surface area contributed by atoms with E-state index in [1.807, 2.05) is 19.2 Å². The smallest absolute Gasteiger partial charge is 0.0900 e. The second-order valence-electron chi connectivity index (χ2n) is 5.42. The Balaban J connectivity index is 2.92. The average Bonchev–Trinajstić information content (AvgIpc) is 2.41. The van der Waals surface area contributed by atoms with Gasteiger partial charge in [-0.3, -0.25) is 4.90 Å². The molecule has 0 aliphatic carbocycles. The predicted molar refractivity (Wildman–Crippen MR) is 82.7 cm³/mol. The molecule has 0 bridgehead atoms. The fourth-order valence-corrected chi connectivity index (χ4v) is 2.63. The van der Waals surface area contributed by atoms with Gasteiger partial charge in [0, 0.05) is 25.7 Å². The minimum absolute atomic E-state index is 0.0378. The van der Waals surface area contributed by atoms with Crippen molar-refractivity contribution in [1.29, 1.82) is 0 Å². The monoisotopic (exact) mass is 280 g/mol. The van der Waals surface area contributed by atoms with Crippen LogP contribution in [0, 0.1) is 6.92 Å². The van der Waals surface area contributed by atoms with Crippen LogP contribution in [0.2, 0.25) is 0 Å². The van der Waals surface area contributed by atoms with Crippen molar-refractivity contribution >= 4 is 0 Å². The molecule has 3 N–H and O–H groups in total. The summed E-state index contributed by atoms with van der Waals surface area (Å²) >= 11 is 0. The summed E-state index contributed by atoms with van der Waals surface area (Å²) in [7, 11) is 3.60. The Morgan fingerprint density at radius 3 is 2.55 bits per heavy atom. The van der Waals surface area contributed by atoms with Crippen LogP contribution in [0.5, 0.6) is 0 Å². The number of nitrogens with zero attached hydrogens (tertiary/aromatic N) is 1. The van der Waals surface area contributed by atoms with Crippen LogP contribution in [0.15, 0.2) is 24.3 Å². The predicted octanol–water partition coefficient (Wildman–Crippen LogP) is 1.71. The van der Waals surface area contributed by atoms with E-state index in [9.17, 15) is 5.11 Å². The van der Waals surface area contributed by atoms with Gasteiger partial charge in [-0.15, -0.1) is 0 Å². The molecule has 0 heterocycles. The molecule has 0 fully saturated rings. The van der Waals surface area contributed by atoms with E-state index in [4.69, 9.17) is 10.5 Å². The van der Waals surface area contributed by atoms with Crippen LogP contribution in [-0.4, -0.2) is 49.5 Å². The summed E-state index contributed by atoms with van der Waals surface area (Å²) < 4.78 is 4.99. The minimum Gasteiger partial charge on any atom is -0.389 e. The molecule has 0 aliphatic rings. The molecule has 20 heavy (non-hydrogen) atoms. The second-order valence-corrected chi connectivity index (χ2v) is 5.42. The molecule has 1 aromatic carbocycles. The molecule has 3 atom stereocenters. The summed E-state index contributed by atoms with van der Waals surface area (Å²) in [5.41, 5.74) is 8.78. The highest BCUT2D eigenvalue weighted by Crippen LogP contribution is 2.26. The number of benzene rings is 1. The molecular weight excluding hydrogens is 252 g/mol. The lowest BCUT2D eigenvalue weighted by Crippen LogP contribution is -2.43. The molecule has 0 spiro atoms. The highest BCUT2D eigenvalue weighted by molar-refractivity contribution is 5.30. The minimum atomic E-state index is -0.499. The van der Waals surface area contributed by atoms with Crippen LogP contribution in [0.1, 0.15) is 30.5 Å². The number of aliphatic hydroxyl groups excluding tert-OH is 1. The number of aliphatic hydroxyl groups is 1. The molecule has 0 saturated heterocycles. The summed E-state index contributed by atoms with van der Waals surface area (Å²) in [6.45, 7) is 5.08. The molecule has 3 unspecified atom stereocenters. The number of rotatable bonds is 8. The normalized spacial score (nSPS) is 16.1. The Kier molecular flexibility index (Phi) is 7.16. The lowest BCUT2D eigenvalue weighted by molar-refractivity contribution is 0.0308. The zero-order valence-corrected chi connectivity index (χ0v) is 13.0. The van der Waals surface area contributed by atoms with E-state index in [1.165, 1.54) is 11.1 Å². The number of hydrogen-bond donors (Lipinski definition) is 2. The summed E-state index contributed by atoms with van der Waals surface area (Å²) in [6.07, 6.45) is 0.393. The molecule has 4 heteroatoms. The van der Waals surface area contributed by atoms with E-state index in [2.05, 4.69) is 30.9 Å². The zero-order chi connectivity index (χ0) is 15.1. The molecule has 114 valence electrons. The lowest BCUT2D eigenvalue weighted by atomic mass is 9.93. The largest absolute Gasteiger partial charge is 0.389 e. The number of methoxy groups -OCH3 is 1. The number of likely N-dealkylation sites (N-methyl/N-ethyl adjacent to an activating group) is 1. The van der Waals surface area contributed by atoms with Crippen LogP contribution < -0.4 is 5.73 Å². The van der Waals surface area contributed by atoms with E-state index < -0.39 is 6.10 Å². The maximum atomic E-state index is 9.93. The third kappa shape index (κ3) is 4.56. The van der Waals surface area contributed by atoms with E-state index >= 15 is 0 Å². The highest BCUT2D eigenvalue weighted by atomic mass is 16.5. The quantitative estimate of drug-likeness (QED) is 0.761. The fraction of sp³-hybridized carbons (Fsp3) is 0.625. The van der Waals surface area contributed by atoms with Gasteiger partial charge in [0.25, 0.3) is 0 Å². The van der Waals surface area contributed by atoms with Crippen molar-refractivity contribution in [3.8, 4) is 0 Å². The highest BCUT2D eigenvalue weighted by Gasteiger charge is 2.25. The van der Waals surface area contributed by atoms with Crippen molar-refractivity contribution in [3.05, 3.63) is 35.4 Å². The Morgan fingerprint density at radius 2 is 2.00 bits per heavy atom. The van der Waals surface area contributed by atoms with Crippen LogP contribution in [0.4, 0.5) is 0 Å². The van der Waals surface area contributed by atoms with Gasteiger partial charge in [0.1, 0.15) is 0 Å². The van der Waals surface area contributed by atoms with E-state index in [-0.39, 0.29) is 12.1 Å². The van der Waals surface area contributed by atoms with Crippen molar-refractivity contribution in [2.24, 2.45) is 5.73 Å². The maximum absolute atomic E-state index is 9.93. The molecule has 0 amide bonds. The van der Waals surface area contributed by atoms with Gasteiger partial charge in [-0.1, -0.05) is 31.2 Å². The summed E-state index contributed by atoms with van der Waals surface area (Å²) in [5.74, 6) is 0. The van der Waals surface area contributed by atoms with Crippen molar-refractivity contribution in [3.63, 3.8) is 0 Å². The molecule has 0 radical (unpaired) electrons. The van der Waals surface area contributed by atoms with E-state index in [1.54, 1.807) is 7.11 Å². The number of nitrogens with two attached hydrogens (primary N) is 1. The van der Waals surface area contributed by atoms with Crippen molar-refractivity contribution in [2.75, 3.05) is 27.3 Å². The van der Waals surface area contributed by atoms with Gasteiger partial charge in [0.15, 0.2) is 0 Å². The first kappa shape index (κ1) is 17.1. The first-order valence-electron chi connectivity index (χ1n) is 7.19. The van der Waals surface area contributed by atoms with Gasteiger partial charge < -0.3 is 15.6 Å². The van der Waals surface area contributed by atoms with Crippen LogP contribution in [0.25, 0.3) is 0 Å². The number of hydrogen-bond acceptors (Lipinski definition) is 4. The van der Waals surface area contributed by atoms with Crippen molar-refractivity contribution < 1.29 is 9.84 Å². The van der Waals surface area contributed by atoms with Crippen LogP contribution >= 0.6 is 0 Å². The number of aryl methyl sites for hydroxylation is 1. The van der Waals surface area contributed by atoms with Gasteiger partial charge in [0.2, 0.25) is 0 Å².